The van der Waals surface area contributed by atoms with Gasteiger partial charge in [0.05, 0.1) is 20.0 Å². The van der Waals surface area contributed by atoms with Crippen molar-refractivity contribution in [3.05, 3.63) is 164 Å². The molecule has 2 heterocycles. The summed E-state index contributed by atoms with van der Waals surface area (Å²) in [6.07, 6.45) is 0. The molecule has 9 aromatic rings. The van der Waals surface area contributed by atoms with Gasteiger partial charge in [-0.1, -0.05) is 115 Å². The Morgan fingerprint density at radius 2 is 1.16 bits per heavy atom. The number of hydrogen-bond acceptors (Lipinski definition) is 3. The third kappa shape index (κ3) is 4.43. The number of hydrogen-bond donors (Lipinski definition) is 0. The average molecular weight is 617 g/mol. The second-order valence-electron chi connectivity index (χ2n) is 10.8. The Morgan fingerprint density at radius 1 is 0.467 bits per heavy atom. The molecule has 0 radical (unpaired) electrons. The van der Waals surface area contributed by atoms with Crippen LogP contribution in [0.4, 0.5) is 17.1 Å². The zero-order valence-corrected chi connectivity index (χ0v) is 25.4. The van der Waals surface area contributed by atoms with Gasteiger partial charge in [0.15, 0.2) is 0 Å². The molecule has 0 aliphatic carbocycles. The van der Waals surface area contributed by atoms with Crippen molar-refractivity contribution < 1.29 is 9.60 Å². The molecule has 0 spiro atoms. The lowest BCUT2D eigenvalue weighted by molar-refractivity contribution is 1.31. The molecule has 0 saturated heterocycles. The Morgan fingerprint density at radius 3 is 1.98 bits per heavy atom. The fourth-order valence-electron chi connectivity index (χ4n) is 6.08. The second kappa shape index (κ2) is 10.7. The number of benzene rings is 7. The van der Waals surface area contributed by atoms with Gasteiger partial charge in [0.2, 0.25) is 0 Å². The van der Waals surface area contributed by atoms with Gasteiger partial charge >= 0.3 is 0 Å². The van der Waals surface area contributed by atoms with Gasteiger partial charge in [-0.2, -0.15) is 0 Å². The highest BCUT2D eigenvalue weighted by Gasteiger charge is 2.21. The zero-order valence-electron chi connectivity index (χ0n) is 30.8. The molecule has 9 rings (SSSR count). The van der Waals surface area contributed by atoms with Crippen LogP contribution in [-0.2, 0) is 0 Å². The molecule has 0 unspecified atom stereocenters. The summed E-state index contributed by atoms with van der Waals surface area (Å²) in [5.74, 6) is 0. The first-order valence-corrected chi connectivity index (χ1v) is 16.3. The van der Waals surface area contributed by atoms with Crippen molar-refractivity contribution >= 4 is 80.1 Å². The highest BCUT2D eigenvalue weighted by Crippen LogP contribution is 2.49. The maximum absolute atomic E-state index is 9.78. The summed E-state index contributed by atoms with van der Waals surface area (Å²) < 4.78 is 65.3. The van der Waals surface area contributed by atoms with Gasteiger partial charge in [-0.15, -0.1) is 22.7 Å². The van der Waals surface area contributed by atoms with Crippen LogP contribution in [0, 0.1) is 0 Å². The summed E-state index contributed by atoms with van der Waals surface area (Å²) in [5, 5.41) is 2.60. The summed E-state index contributed by atoms with van der Waals surface area (Å²) in [4.78, 5) is 1.89. The van der Waals surface area contributed by atoms with E-state index in [0.717, 1.165) is 59.5 Å². The molecule has 45 heavy (non-hydrogen) atoms. The van der Waals surface area contributed by atoms with Crippen molar-refractivity contribution in [2.45, 2.75) is 0 Å². The van der Waals surface area contributed by atoms with E-state index in [-0.39, 0.29) is 57.4 Å². The molecule has 1 nitrogen and oxygen atoms in total. The second-order valence-corrected chi connectivity index (χ2v) is 12.9. The van der Waals surface area contributed by atoms with Crippen molar-refractivity contribution in [3.63, 3.8) is 0 Å². The van der Waals surface area contributed by atoms with E-state index in [1.165, 1.54) is 0 Å². The van der Waals surface area contributed by atoms with Crippen LogP contribution in [0.2, 0.25) is 0 Å². The van der Waals surface area contributed by atoms with E-state index in [4.69, 9.17) is 5.48 Å². The van der Waals surface area contributed by atoms with Crippen molar-refractivity contribution in [1.29, 1.82) is 0 Å². The van der Waals surface area contributed by atoms with Gasteiger partial charge in [-0.3, -0.25) is 0 Å². The quantitative estimate of drug-likeness (QED) is 0.186. The van der Waals surface area contributed by atoms with Gasteiger partial charge in [0, 0.05) is 47.0 Å². The van der Waals surface area contributed by atoms with Crippen LogP contribution < -0.4 is 4.90 Å². The molecule has 2 aromatic heterocycles. The number of thiophene rings is 2. The van der Waals surface area contributed by atoms with Crippen LogP contribution in [0.25, 0.3) is 62.6 Å². The molecule has 0 bridgehead atoms. The number of fused-ring (bicyclic) bond motifs is 6. The Bertz CT molecular complexity index is 2870. The third-order valence-electron chi connectivity index (χ3n) is 8.16. The summed E-state index contributed by atoms with van der Waals surface area (Å²) in [7, 11) is 0. The molecule has 0 atom stereocenters. The Balaban J connectivity index is 1.39. The van der Waals surface area contributed by atoms with E-state index in [1.54, 1.807) is 11.3 Å². The molecule has 0 N–H and O–H groups in total. The van der Waals surface area contributed by atoms with Crippen LogP contribution in [0.15, 0.2) is 164 Å². The van der Waals surface area contributed by atoms with Gasteiger partial charge < -0.3 is 4.90 Å². The lowest BCUT2D eigenvalue weighted by Gasteiger charge is -2.27. The first-order valence-electron chi connectivity index (χ1n) is 18.1. The first-order chi connectivity index (χ1) is 25.2. The highest BCUT2D eigenvalue weighted by atomic mass is 32.1. The average Bonchev–Trinajstić information content (AvgIpc) is 3.78. The van der Waals surface area contributed by atoms with E-state index in [9.17, 15) is 4.11 Å². The summed E-state index contributed by atoms with van der Waals surface area (Å²) in [6, 6.07) is 39.1. The fourth-order valence-corrected chi connectivity index (χ4v) is 8.23. The monoisotopic (exact) mass is 616 g/mol. The van der Waals surface area contributed by atoms with Crippen molar-refractivity contribution in [2.75, 3.05) is 4.90 Å². The molecule has 0 amide bonds. The number of anilines is 3. The van der Waals surface area contributed by atoms with E-state index in [2.05, 4.69) is 30.3 Å². The molecular formula is C42H27NS2. The van der Waals surface area contributed by atoms with E-state index in [1.807, 2.05) is 95.9 Å². The van der Waals surface area contributed by atoms with Crippen molar-refractivity contribution in [1.82, 2.24) is 0 Å². The Hall–Kier alpha value is -5.22. The SMILES string of the molecule is [2H]c1c([2H])c([2H])c2c(sc3c([2H])c([2H])c(N(c4ccc(-c5ccccc5)cc4)c4ccc(-c5ccccc5)c5c4sc4ccccc45)c([2H])c32)c1[2H]. The molecule has 0 fully saturated rings. The van der Waals surface area contributed by atoms with E-state index < -0.39 is 6.04 Å². The smallest absolute Gasteiger partial charge is 0.0652 e. The molecule has 7 aromatic carbocycles. The number of nitrogens with zero attached hydrogens (tertiary/aromatic N) is 1. The minimum absolute atomic E-state index is 0.0687. The topological polar surface area (TPSA) is 3.24 Å². The lowest BCUT2D eigenvalue weighted by atomic mass is 9.98. The highest BCUT2D eigenvalue weighted by molar-refractivity contribution is 7.26. The maximum Gasteiger partial charge on any atom is 0.0652 e. The number of rotatable bonds is 5. The first kappa shape index (κ1) is 19.9. The van der Waals surface area contributed by atoms with Crippen molar-refractivity contribution in [3.8, 4) is 22.3 Å². The van der Waals surface area contributed by atoms with Crippen LogP contribution in [0.3, 0.4) is 0 Å². The van der Waals surface area contributed by atoms with Gasteiger partial charge in [-0.25, -0.2) is 0 Å². The Kier molecular flexibility index (Phi) is 4.76. The van der Waals surface area contributed by atoms with Gasteiger partial charge in [0.1, 0.15) is 0 Å². The molecule has 0 aliphatic heterocycles. The standard InChI is InChI=1S/C42H27NS2/c1-3-11-28(12-4-1)29-19-21-31(22-20-29)43(32-23-26-40-36(27-32)34-15-7-9-17-38(34)44-40)37-25-24-33(30-13-5-2-6-14-30)41-35-16-8-10-18-39(35)45-42(37)41/h1-27H/i7D,9D,15D,17D,23D,26D,27D. The summed E-state index contributed by atoms with van der Waals surface area (Å²) in [6.45, 7) is 0. The summed E-state index contributed by atoms with van der Waals surface area (Å²) >= 11 is 2.68. The molecular weight excluding hydrogens is 583 g/mol. The van der Waals surface area contributed by atoms with E-state index in [0.29, 0.717) is 10.4 Å². The molecule has 0 aliphatic rings. The largest absolute Gasteiger partial charge is 0.309 e. The normalized spacial score (nSPS) is 13.7. The summed E-state index contributed by atoms with van der Waals surface area (Å²) in [5.41, 5.74) is 5.78. The maximum atomic E-state index is 9.78. The van der Waals surface area contributed by atoms with Crippen LogP contribution >= 0.6 is 22.7 Å². The Labute approximate surface area is 279 Å². The molecule has 212 valence electrons. The van der Waals surface area contributed by atoms with Gasteiger partial charge in [0.25, 0.3) is 0 Å². The minimum Gasteiger partial charge on any atom is -0.309 e. The van der Waals surface area contributed by atoms with Crippen molar-refractivity contribution in [2.24, 2.45) is 0 Å². The molecule has 0 saturated carbocycles. The predicted molar refractivity (Wildman–Crippen MR) is 198 cm³/mol. The third-order valence-corrected chi connectivity index (χ3v) is 10.4. The minimum atomic E-state index is -0.392. The van der Waals surface area contributed by atoms with Crippen LogP contribution in [0.5, 0.6) is 0 Å². The van der Waals surface area contributed by atoms with Crippen LogP contribution in [0.1, 0.15) is 9.60 Å². The fraction of sp³-hybridized carbons (Fsp3) is 0. The predicted octanol–water partition coefficient (Wildman–Crippen LogP) is 13.2. The zero-order chi connectivity index (χ0) is 35.8. The van der Waals surface area contributed by atoms with Crippen LogP contribution in [-0.4, -0.2) is 0 Å². The lowest BCUT2D eigenvalue weighted by Crippen LogP contribution is -2.10. The molecule has 3 heteroatoms. The van der Waals surface area contributed by atoms with Gasteiger partial charge in [-0.05, 0) is 70.7 Å². The van der Waals surface area contributed by atoms with E-state index >= 15 is 0 Å².